The highest BCUT2D eigenvalue weighted by molar-refractivity contribution is 5.89. The second-order valence-corrected chi connectivity index (χ2v) is 5.79. The summed E-state index contributed by atoms with van der Waals surface area (Å²) in [6.07, 6.45) is 5.42. The van der Waals surface area contributed by atoms with E-state index >= 15 is 0 Å². The smallest absolute Gasteiger partial charge is 0.221 e. The fourth-order valence-electron chi connectivity index (χ4n) is 2.30. The van der Waals surface area contributed by atoms with E-state index in [1.54, 1.807) is 12.3 Å². The first-order valence-corrected chi connectivity index (χ1v) is 8.25. The van der Waals surface area contributed by atoms with E-state index in [9.17, 15) is 4.79 Å². The van der Waals surface area contributed by atoms with E-state index in [0.29, 0.717) is 5.82 Å². The van der Waals surface area contributed by atoms with E-state index < -0.39 is 0 Å². The van der Waals surface area contributed by atoms with Crippen molar-refractivity contribution in [2.24, 2.45) is 4.99 Å². The fourth-order valence-corrected chi connectivity index (χ4v) is 2.30. The normalized spacial score (nSPS) is 11.2. The molecule has 0 aliphatic carbocycles. The molecule has 0 aliphatic rings. The second-order valence-electron chi connectivity index (χ2n) is 5.79. The molecule has 2 aromatic carbocycles. The zero-order valence-electron chi connectivity index (χ0n) is 15.1. The van der Waals surface area contributed by atoms with Crippen LogP contribution in [-0.4, -0.2) is 12.1 Å². The Bertz CT molecular complexity index is 861. The van der Waals surface area contributed by atoms with Crippen molar-refractivity contribution < 1.29 is 4.79 Å². The first-order valence-electron chi connectivity index (χ1n) is 8.25. The van der Waals surface area contributed by atoms with Crippen molar-refractivity contribution in [3.63, 3.8) is 0 Å². The number of rotatable bonds is 7. The predicted molar refractivity (Wildman–Crippen MR) is 112 cm³/mol. The quantitative estimate of drug-likeness (QED) is 0.665. The van der Waals surface area contributed by atoms with Gasteiger partial charge in [-0.3, -0.25) is 4.79 Å². The number of hydrogen-bond donors (Lipinski definition) is 2. The van der Waals surface area contributed by atoms with Gasteiger partial charge in [0, 0.05) is 24.5 Å². The third-order valence-electron chi connectivity index (χ3n) is 3.63. The molecule has 2 N–H and O–H groups in total. The minimum absolute atomic E-state index is 0.0817. The summed E-state index contributed by atoms with van der Waals surface area (Å²) in [6.45, 7) is 11.2. The standard InChI is InChI=1S/C22H23N3O/c1-5-19-7-6-8-22(15-19)24-17(3)23-14-13-16(2)20-9-11-21(12-10-20)25-18(4)26/h5-15,24H,1,3H2,2,4H3,(H,25,26)/b16-13+,23-14-. The van der Waals surface area contributed by atoms with Gasteiger partial charge in [0.1, 0.15) is 5.82 Å². The molecule has 4 nitrogen and oxygen atoms in total. The van der Waals surface area contributed by atoms with Gasteiger partial charge in [-0.15, -0.1) is 0 Å². The van der Waals surface area contributed by atoms with E-state index in [1.165, 1.54) is 6.92 Å². The number of aliphatic imine (C=N–C) groups is 1. The predicted octanol–water partition coefficient (Wildman–Crippen LogP) is 5.35. The lowest BCUT2D eigenvalue weighted by molar-refractivity contribution is -0.114. The number of amides is 1. The first kappa shape index (κ1) is 18.9. The van der Waals surface area contributed by atoms with Crippen molar-refractivity contribution in [1.82, 2.24) is 0 Å². The van der Waals surface area contributed by atoms with Gasteiger partial charge in [-0.05, 0) is 54.0 Å². The Morgan fingerprint density at radius 3 is 2.42 bits per heavy atom. The van der Waals surface area contributed by atoms with Gasteiger partial charge in [0.2, 0.25) is 5.91 Å². The molecule has 4 heteroatoms. The van der Waals surface area contributed by atoms with Crippen molar-refractivity contribution in [1.29, 1.82) is 0 Å². The number of benzene rings is 2. The molecule has 132 valence electrons. The van der Waals surface area contributed by atoms with Gasteiger partial charge in [-0.25, -0.2) is 4.99 Å². The van der Waals surface area contributed by atoms with Gasteiger partial charge in [0.15, 0.2) is 0 Å². The summed E-state index contributed by atoms with van der Waals surface area (Å²) in [5, 5.41) is 5.90. The number of nitrogens with zero attached hydrogens (tertiary/aromatic N) is 1. The minimum Gasteiger partial charge on any atom is -0.341 e. The van der Waals surface area contributed by atoms with Crippen LogP contribution >= 0.6 is 0 Å². The molecular weight excluding hydrogens is 322 g/mol. The van der Waals surface area contributed by atoms with E-state index in [2.05, 4.69) is 28.8 Å². The molecule has 0 atom stereocenters. The van der Waals surface area contributed by atoms with E-state index in [1.807, 2.05) is 61.5 Å². The van der Waals surface area contributed by atoms with Crippen molar-refractivity contribution in [3.8, 4) is 0 Å². The molecule has 0 aromatic heterocycles. The molecule has 0 aliphatic heterocycles. The van der Waals surface area contributed by atoms with Crippen molar-refractivity contribution >= 4 is 35.1 Å². The highest BCUT2D eigenvalue weighted by Crippen LogP contribution is 2.17. The first-order chi connectivity index (χ1) is 12.5. The molecule has 26 heavy (non-hydrogen) atoms. The summed E-state index contributed by atoms with van der Waals surface area (Å²) < 4.78 is 0. The number of carbonyl (C=O) groups is 1. The van der Waals surface area contributed by atoms with E-state index in [-0.39, 0.29) is 5.91 Å². The molecule has 0 radical (unpaired) electrons. The summed E-state index contributed by atoms with van der Waals surface area (Å²) in [5.41, 5.74) is 4.85. The van der Waals surface area contributed by atoms with Gasteiger partial charge in [-0.1, -0.05) is 43.5 Å². The Labute approximate surface area is 154 Å². The van der Waals surface area contributed by atoms with E-state index in [4.69, 9.17) is 0 Å². The molecule has 0 fully saturated rings. The van der Waals surface area contributed by atoms with Gasteiger partial charge in [0.25, 0.3) is 0 Å². The largest absolute Gasteiger partial charge is 0.341 e. The SMILES string of the molecule is C=Cc1cccc(NC(=C)/N=C\C=C(/C)c2ccc(NC(C)=O)cc2)c1. The van der Waals surface area contributed by atoms with Crippen LogP contribution in [0.2, 0.25) is 0 Å². The van der Waals surface area contributed by atoms with E-state index in [0.717, 1.165) is 28.1 Å². The van der Waals surface area contributed by atoms with Crippen LogP contribution < -0.4 is 10.6 Å². The highest BCUT2D eigenvalue weighted by Gasteiger charge is 1.98. The molecule has 0 bridgehead atoms. The Hall–Kier alpha value is -3.40. The third-order valence-corrected chi connectivity index (χ3v) is 3.63. The second kappa shape index (κ2) is 9.18. The number of allylic oxidation sites excluding steroid dienone is 2. The summed E-state index contributed by atoms with van der Waals surface area (Å²) >= 11 is 0. The topological polar surface area (TPSA) is 53.5 Å². The molecule has 2 aromatic rings. The molecule has 2 rings (SSSR count). The molecule has 0 unspecified atom stereocenters. The fraction of sp³-hybridized carbons (Fsp3) is 0.0909. The van der Waals surface area contributed by atoms with Crippen LogP contribution in [0.25, 0.3) is 11.6 Å². The van der Waals surface area contributed by atoms with Crippen molar-refractivity contribution in [2.45, 2.75) is 13.8 Å². The summed E-state index contributed by atoms with van der Waals surface area (Å²) in [6, 6.07) is 15.5. The maximum atomic E-state index is 11.0. The summed E-state index contributed by atoms with van der Waals surface area (Å²) in [7, 11) is 0. The average Bonchev–Trinajstić information content (AvgIpc) is 2.62. The lowest BCUT2D eigenvalue weighted by atomic mass is 10.1. The molecule has 1 amide bonds. The highest BCUT2D eigenvalue weighted by atomic mass is 16.1. The van der Waals surface area contributed by atoms with Crippen LogP contribution in [0.5, 0.6) is 0 Å². The molecule has 0 saturated heterocycles. The van der Waals surface area contributed by atoms with Crippen LogP contribution in [0, 0.1) is 0 Å². The minimum atomic E-state index is -0.0817. The van der Waals surface area contributed by atoms with Gasteiger partial charge in [-0.2, -0.15) is 0 Å². The maximum Gasteiger partial charge on any atom is 0.221 e. The average molecular weight is 345 g/mol. The lowest BCUT2D eigenvalue weighted by Crippen LogP contribution is -2.05. The third kappa shape index (κ3) is 5.91. The van der Waals surface area contributed by atoms with Crippen LogP contribution in [-0.2, 0) is 4.79 Å². The Morgan fingerprint density at radius 1 is 1.04 bits per heavy atom. The number of nitrogens with one attached hydrogen (secondary N) is 2. The van der Waals surface area contributed by atoms with Gasteiger partial charge in [0.05, 0.1) is 0 Å². The zero-order chi connectivity index (χ0) is 18.9. The van der Waals surface area contributed by atoms with Crippen molar-refractivity contribution in [2.75, 3.05) is 10.6 Å². The van der Waals surface area contributed by atoms with Gasteiger partial charge < -0.3 is 10.6 Å². The zero-order valence-corrected chi connectivity index (χ0v) is 15.1. The van der Waals surface area contributed by atoms with Gasteiger partial charge >= 0.3 is 0 Å². The lowest BCUT2D eigenvalue weighted by Gasteiger charge is -2.06. The molecular formula is C22H23N3O. The molecule has 0 saturated carbocycles. The Kier molecular flexibility index (Phi) is 6.68. The number of carbonyl (C=O) groups excluding carboxylic acids is 1. The van der Waals surface area contributed by atoms with Crippen LogP contribution in [0.4, 0.5) is 11.4 Å². The van der Waals surface area contributed by atoms with Crippen LogP contribution in [0.1, 0.15) is 25.0 Å². The molecule has 0 heterocycles. The van der Waals surface area contributed by atoms with Crippen LogP contribution in [0.3, 0.4) is 0 Å². The van der Waals surface area contributed by atoms with Crippen molar-refractivity contribution in [3.05, 3.63) is 84.7 Å². The monoisotopic (exact) mass is 345 g/mol. The number of anilines is 2. The maximum absolute atomic E-state index is 11.0. The number of hydrogen-bond acceptors (Lipinski definition) is 3. The Morgan fingerprint density at radius 2 is 1.77 bits per heavy atom. The van der Waals surface area contributed by atoms with Crippen LogP contribution in [0.15, 0.2) is 78.6 Å². The summed E-state index contributed by atoms with van der Waals surface area (Å²) in [4.78, 5) is 15.4. The summed E-state index contributed by atoms with van der Waals surface area (Å²) in [5.74, 6) is 0.470. The molecule has 0 spiro atoms. The Balaban J connectivity index is 1.97.